The van der Waals surface area contributed by atoms with Gasteiger partial charge in [0.25, 0.3) is 5.56 Å². The molecular weight excluding hydrogens is 194 g/mol. The molecule has 5 heteroatoms. The van der Waals surface area contributed by atoms with Gasteiger partial charge in [0.1, 0.15) is 5.82 Å². The molecule has 1 aliphatic heterocycles. The largest absolute Gasteiger partial charge is 0.393 e. The quantitative estimate of drug-likeness (QED) is 0.692. The normalized spacial score (nSPS) is 18.1. The van der Waals surface area contributed by atoms with Crippen molar-refractivity contribution in [3.8, 4) is 0 Å². The number of aromatic nitrogens is 2. The fourth-order valence-electron chi connectivity index (χ4n) is 1.75. The lowest BCUT2D eigenvalue weighted by atomic mass is 10.1. The summed E-state index contributed by atoms with van der Waals surface area (Å²) in [6.45, 7) is 1.60. The van der Waals surface area contributed by atoms with E-state index in [1.807, 2.05) is 0 Å². The monoisotopic (exact) mass is 209 g/mol. The molecule has 0 aromatic carbocycles. The molecule has 0 amide bonds. The van der Waals surface area contributed by atoms with Gasteiger partial charge >= 0.3 is 0 Å². The van der Waals surface area contributed by atoms with E-state index in [-0.39, 0.29) is 11.7 Å². The molecule has 1 saturated heterocycles. The van der Waals surface area contributed by atoms with Gasteiger partial charge < -0.3 is 10.0 Å². The van der Waals surface area contributed by atoms with E-state index in [4.69, 9.17) is 0 Å². The van der Waals surface area contributed by atoms with Crippen molar-refractivity contribution in [2.75, 3.05) is 18.0 Å². The second-order valence-corrected chi connectivity index (χ2v) is 3.87. The third kappa shape index (κ3) is 2.18. The molecule has 0 aliphatic carbocycles. The molecular formula is C10H15N3O2. The summed E-state index contributed by atoms with van der Waals surface area (Å²) in [6.07, 6.45) is 1.35. The summed E-state index contributed by atoms with van der Waals surface area (Å²) in [7, 11) is 1.64. The van der Waals surface area contributed by atoms with Crippen molar-refractivity contribution in [3.63, 3.8) is 0 Å². The van der Waals surface area contributed by atoms with E-state index in [0.717, 1.165) is 31.7 Å². The van der Waals surface area contributed by atoms with Gasteiger partial charge in [0.2, 0.25) is 0 Å². The Bertz CT molecular complexity index is 394. The van der Waals surface area contributed by atoms with Gasteiger partial charge in [0.15, 0.2) is 0 Å². The zero-order chi connectivity index (χ0) is 10.8. The van der Waals surface area contributed by atoms with Gasteiger partial charge in [-0.3, -0.25) is 4.79 Å². The molecule has 0 radical (unpaired) electrons. The summed E-state index contributed by atoms with van der Waals surface area (Å²) in [4.78, 5) is 13.2. The molecule has 0 saturated carbocycles. The smallest absolute Gasteiger partial charge is 0.266 e. The van der Waals surface area contributed by atoms with Crippen LogP contribution < -0.4 is 10.5 Å². The van der Waals surface area contributed by atoms with E-state index in [1.54, 1.807) is 13.1 Å². The molecule has 2 heterocycles. The summed E-state index contributed by atoms with van der Waals surface area (Å²) in [5, 5.41) is 13.5. The van der Waals surface area contributed by atoms with E-state index in [1.165, 1.54) is 10.7 Å². The first-order valence-electron chi connectivity index (χ1n) is 5.14. The molecule has 5 nitrogen and oxygen atoms in total. The van der Waals surface area contributed by atoms with E-state index >= 15 is 0 Å². The first-order valence-corrected chi connectivity index (χ1v) is 5.14. The van der Waals surface area contributed by atoms with Crippen LogP contribution in [0.15, 0.2) is 16.9 Å². The summed E-state index contributed by atoms with van der Waals surface area (Å²) in [5.74, 6) is 0.809. The SMILES string of the molecule is Cn1nc(N2CCC(O)CC2)ccc1=O. The van der Waals surface area contributed by atoms with Crippen molar-refractivity contribution in [2.45, 2.75) is 18.9 Å². The Morgan fingerprint density at radius 3 is 2.67 bits per heavy atom. The molecule has 2 rings (SSSR count). The summed E-state index contributed by atoms with van der Waals surface area (Å²) >= 11 is 0. The second kappa shape index (κ2) is 4.02. The van der Waals surface area contributed by atoms with Crippen LogP contribution >= 0.6 is 0 Å². The van der Waals surface area contributed by atoms with Crippen LogP contribution in [0, 0.1) is 0 Å². The Morgan fingerprint density at radius 1 is 1.40 bits per heavy atom. The van der Waals surface area contributed by atoms with Crippen molar-refractivity contribution in [1.82, 2.24) is 9.78 Å². The lowest BCUT2D eigenvalue weighted by Gasteiger charge is -2.30. The topological polar surface area (TPSA) is 58.4 Å². The van der Waals surface area contributed by atoms with Gasteiger partial charge in [0, 0.05) is 26.2 Å². The van der Waals surface area contributed by atoms with Gasteiger partial charge in [0.05, 0.1) is 6.10 Å². The average Bonchev–Trinajstić information content (AvgIpc) is 2.23. The Morgan fingerprint density at radius 2 is 2.07 bits per heavy atom. The number of piperidine rings is 1. The van der Waals surface area contributed by atoms with E-state index in [0.29, 0.717) is 0 Å². The molecule has 0 unspecified atom stereocenters. The molecule has 82 valence electrons. The maximum atomic E-state index is 11.1. The minimum atomic E-state index is -0.186. The van der Waals surface area contributed by atoms with Gasteiger partial charge in [-0.25, -0.2) is 4.68 Å². The highest BCUT2D eigenvalue weighted by atomic mass is 16.3. The molecule has 15 heavy (non-hydrogen) atoms. The van der Waals surface area contributed by atoms with E-state index in [9.17, 15) is 9.90 Å². The summed E-state index contributed by atoms with van der Waals surface area (Å²) in [6, 6.07) is 3.26. The maximum absolute atomic E-state index is 11.1. The highest BCUT2D eigenvalue weighted by Crippen LogP contribution is 2.15. The van der Waals surface area contributed by atoms with Crippen LogP contribution in [0.25, 0.3) is 0 Å². The van der Waals surface area contributed by atoms with Gasteiger partial charge in [-0.15, -0.1) is 0 Å². The summed E-state index contributed by atoms with van der Waals surface area (Å²) in [5.41, 5.74) is -0.101. The third-order valence-corrected chi connectivity index (χ3v) is 2.73. The van der Waals surface area contributed by atoms with Crippen LogP contribution in [0.3, 0.4) is 0 Å². The van der Waals surface area contributed by atoms with Crippen molar-refractivity contribution in [2.24, 2.45) is 7.05 Å². The van der Waals surface area contributed by atoms with Crippen molar-refractivity contribution >= 4 is 5.82 Å². The van der Waals surface area contributed by atoms with Crippen LogP contribution in [-0.2, 0) is 7.05 Å². The predicted octanol–water partition coefficient (Wildman–Crippen LogP) is -0.259. The maximum Gasteiger partial charge on any atom is 0.266 e. The third-order valence-electron chi connectivity index (χ3n) is 2.73. The fourth-order valence-corrected chi connectivity index (χ4v) is 1.75. The molecule has 1 N–H and O–H groups in total. The fraction of sp³-hybridized carbons (Fsp3) is 0.600. The average molecular weight is 209 g/mol. The van der Waals surface area contributed by atoms with Crippen LogP contribution in [0.5, 0.6) is 0 Å². The van der Waals surface area contributed by atoms with E-state index < -0.39 is 0 Å². The molecule has 0 atom stereocenters. The second-order valence-electron chi connectivity index (χ2n) is 3.87. The standard InChI is InChI=1S/C10H15N3O2/c1-12-10(15)3-2-9(11-12)13-6-4-8(14)5-7-13/h2-3,8,14H,4-7H2,1H3. The van der Waals surface area contributed by atoms with Crippen LogP contribution in [0.1, 0.15) is 12.8 Å². The number of anilines is 1. The number of aliphatic hydroxyl groups excluding tert-OH is 1. The molecule has 0 bridgehead atoms. The first-order chi connectivity index (χ1) is 7.16. The van der Waals surface area contributed by atoms with Gasteiger partial charge in [-0.1, -0.05) is 0 Å². The molecule has 0 spiro atoms. The van der Waals surface area contributed by atoms with Crippen molar-refractivity contribution in [3.05, 3.63) is 22.5 Å². The minimum absolute atomic E-state index is 0.101. The Hall–Kier alpha value is -1.36. The van der Waals surface area contributed by atoms with Crippen molar-refractivity contribution in [1.29, 1.82) is 0 Å². The van der Waals surface area contributed by atoms with Crippen molar-refractivity contribution < 1.29 is 5.11 Å². The van der Waals surface area contributed by atoms with E-state index in [2.05, 4.69) is 10.00 Å². The Kier molecular flexibility index (Phi) is 2.73. The number of nitrogens with zero attached hydrogens (tertiary/aromatic N) is 3. The lowest BCUT2D eigenvalue weighted by molar-refractivity contribution is 0.145. The summed E-state index contributed by atoms with van der Waals surface area (Å²) < 4.78 is 1.33. The van der Waals surface area contributed by atoms with Crippen LogP contribution in [-0.4, -0.2) is 34.1 Å². The zero-order valence-electron chi connectivity index (χ0n) is 8.76. The number of hydrogen-bond donors (Lipinski definition) is 1. The zero-order valence-corrected chi connectivity index (χ0v) is 8.76. The highest BCUT2D eigenvalue weighted by Gasteiger charge is 2.18. The number of rotatable bonds is 1. The van der Waals surface area contributed by atoms with Crippen LogP contribution in [0.2, 0.25) is 0 Å². The molecule has 1 aliphatic rings. The van der Waals surface area contributed by atoms with Gasteiger partial charge in [-0.2, -0.15) is 5.10 Å². The predicted molar refractivity (Wildman–Crippen MR) is 56.9 cm³/mol. The molecule has 1 aromatic heterocycles. The number of hydrogen-bond acceptors (Lipinski definition) is 4. The number of aliphatic hydroxyl groups is 1. The molecule has 1 fully saturated rings. The lowest BCUT2D eigenvalue weighted by Crippen LogP contribution is -2.37. The van der Waals surface area contributed by atoms with Gasteiger partial charge in [-0.05, 0) is 18.9 Å². The Balaban J connectivity index is 2.16. The number of aryl methyl sites for hydroxylation is 1. The Labute approximate surface area is 87.9 Å². The highest BCUT2D eigenvalue weighted by molar-refractivity contribution is 5.36. The van der Waals surface area contributed by atoms with Crippen LogP contribution in [0.4, 0.5) is 5.82 Å². The minimum Gasteiger partial charge on any atom is -0.393 e. The first kappa shape index (κ1) is 10.2. The molecule has 1 aromatic rings.